The van der Waals surface area contributed by atoms with Gasteiger partial charge in [-0.3, -0.25) is 4.79 Å². The van der Waals surface area contributed by atoms with Crippen LogP contribution < -0.4 is 24.4 Å². The number of anilines is 2. The summed E-state index contributed by atoms with van der Waals surface area (Å²) in [5.74, 6) is 1.23. The summed E-state index contributed by atoms with van der Waals surface area (Å²) in [6.45, 7) is 1.31. The highest BCUT2D eigenvalue weighted by Crippen LogP contribution is 2.34. The Bertz CT molecular complexity index is 1460. The zero-order valence-corrected chi connectivity index (χ0v) is 19.8. The van der Waals surface area contributed by atoms with E-state index in [9.17, 15) is 9.18 Å². The van der Waals surface area contributed by atoms with E-state index in [0.717, 1.165) is 29.8 Å². The van der Waals surface area contributed by atoms with E-state index in [0.29, 0.717) is 17.4 Å². The van der Waals surface area contributed by atoms with Gasteiger partial charge in [-0.05, 0) is 53.4 Å². The highest BCUT2D eigenvalue weighted by Gasteiger charge is 2.25. The van der Waals surface area contributed by atoms with Crippen LogP contribution in [-0.4, -0.2) is 29.2 Å². The predicted octanol–water partition coefficient (Wildman–Crippen LogP) is 4.55. The van der Waals surface area contributed by atoms with Gasteiger partial charge >= 0.3 is 0 Å². The second-order valence-electron chi connectivity index (χ2n) is 8.70. The number of nitrogens with one attached hydrogen (secondary N) is 1. The normalized spacial score (nSPS) is 13.4. The molecule has 3 heterocycles. The molecule has 1 aromatic heterocycles. The van der Waals surface area contributed by atoms with E-state index >= 15 is 0 Å². The number of carbonyl (C=O) groups excluding carboxylic acids is 1. The van der Waals surface area contributed by atoms with E-state index in [2.05, 4.69) is 21.4 Å². The Balaban J connectivity index is 1.25. The lowest BCUT2D eigenvalue weighted by molar-refractivity contribution is 0.0945. The van der Waals surface area contributed by atoms with Gasteiger partial charge in [0.1, 0.15) is 18.0 Å². The van der Waals surface area contributed by atoms with Gasteiger partial charge in [-0.2, -0.15) is 4.98 Å². The maximum Gasteiger partial charge on any atom is 0.258 e. The third kappa shape index (κ3) is 4.75. The van der Waals surface area contributed by atoms with Crippen LogP contribution >= 0.6 is 0 Å². The molecule has 4 aromatic rings. The number of aromatic nitrogens is 2. The number of fused-ring (bicyclic) bond motifs is 2. The molecule has 2 aliphatic heterocycles. The Morgan fingerprint density at radius 3 is 2.73 bits per heavy atom. The number of amides is 1. The van der Waals surface area contributed by atoms with Crippen molar-refractivity contribution in [2.75, 3.05) is 18.2 Å². The molecular formula is C28H23FN4O4. The number of ether oxygens (including phenoxy) is 3. The number of para-hydroxylation sites is 1. The van der Waals surface area contributed by atoms with Gasteiger partial charge in [0, 0.05) is 25.0 Å². The van der Waals surface area contributed by atoms with Crippen molar-refractivity contribution in [3.63, 3.8) is 0 Å². The Hall–Kier alpha value is -4.66. The topological polar surface area (TPSA) is 85.8 Å². The predicted molar refractivity (Wildman–Crippen MR) is 134 cm³/mol. The number of rotatable bonds is 7. The molecule has 0 radical (unpaired) electrons. The molecule has 0 bridgehead atoms. The van der Waals surface area contributed by atoms with Crippen molar-refractivity contribution in [2.45, 2.75) is 19.6 Å². The maximum atomic E-state index is 13.3. The minimum atomic E-state index is -0.375. The van der Waals surface area contributed by atoms with Gasteiger partial charge in [-0.25, -0.2) is 9.37 Å². The molecule has 37 heavy (non-hydrogen) atoms. The Morgan fingerprint density at radius 1 is 1.03 bits per heavy atom. The van der Waals surface area contributed by atoms with E-state index < -0.39 is 0 Å². The lowest BCUT2D eigenvalue weighted by Gasteiger charge is -2.19. The van der Waals surface area contributed by atoms with Crippen molar-refractivity contribution in [1.29, 1.82) is 0 Å². The van der Waals surface area contributed by atoms with Gasteiger partial charge in [-0.15, -0.1) is 0 Å². The Kier molecular flexibility index (Phi) is 6.02. The number of nitrogens with zero attached hydrogens (tertiary/aromatic N) is 3. The van der Waals surface area contributed by atoms with Gasteiger partial charge in [0.2, 0.25) is 18.6 Å². The second kappa shape index (κ2) is 9.77. The van der Waals surface area contributed by atoms with Gasteiger partial charge < -0.3 is 24.4 Å². The fourth-order valence-corrected chi connectivity index (χ4v) is 4.36. The molecule has 8 nitrogen and oxygen atoms in total. The molecule has 6 rings (SSSR count). The molecule has 3 aromatic carbocycles. The summed E-state index contributed by atoms with van der Waals surface area (Å²) in [7, 11) is 0. The minimum Gasteiger partial charge on any atom is -0.472 e. The first-order chi connectivity index (χ1) is 18.1. The summed E-state index contributed by atoms with van der Waals surface area (Å²) in [4.78, 5) is 24.3. The molecule has 0 aliphatic carbocycles. The minimum absolute atomic E-state index is 0.121. The fourth-order valence-electron chi connectivity index (χ4n) is 4.36. The number of halogens is 1. The van der Waals surface area contributed by atoms with Gasteiger partial charge in [-0.1, -0.05) is 36.4 Å². The first kappa shape index (κ1) is 22.8. The number of hydrogen-bond donors (Lipinski definition) is 1. The zero-order chi connectivity index (χ0) is 25.2. The van der Waals surface area contributed by atoms with E-state index in [-0.39, 0.29) is 43.1 Å². The molecule has 0 spiro atoms. The molecule has 2 aliphatic rings. The highest BCUT2D eigenvalue weighted by atomic mass is 19.1. The molecule has 9 heteroatoms. The molecule has 0 atom stereocenters. The molecule has 0 saturated heterocycles. The van der Waals surface area contributed by atoms with Crippen LogP contribution in [0.15, 0.2) is 72.9 Å². The van der Waals surface area contributed by atoms with Crippen molar-refractivity contribution in [1.82, 2.24) is 15.3 Å². The summed E-state index contributed by atoms with van der Waals surface area (Å²) >= 11 is 0. The standard InChI is InChI=1S/C28H23FN4O4/c29-21-8-5-18(6-9-21)16-35-27-22(26(34)30-14-19-7-10-24-25(13-19)37-17-36-24)15-31-28(32-27)33-12-11-20-3-1-2-4-23(20)33/h1-10,13,15H,11-12,14,16-17H2,(H,30,34). The molecule has 0 fully saturated rings. The van der Waals surface area contributed by atoms with Gasteiger partial charge in [0.25, 0.3) is 5.91 Å². The molecule has 1 N–H and O–H groups in total. The molecular weight excluding hydrogens is 475 g/mol. The smallest absolute Gasteiger partial charge is 0.258 e. The lowest BCUT2D eigenvalue weighted by Crippen LogP contribution is -2.25. The quantitative estimate of drug-likeness (QED) is 0.400. The van der Waals surface area contributed by atoms with Crippen LogP contribution in [0.4, 0.5) is 16.0 Å². The average Bonchev–Trinajstić information content (AvgIpc) is 3.58. The number of carbonyl (C=O) groups is 1. The van der Waals surface area contributed by atoms with Gasteiger partial charge in [0.15, 0.2) is 11.5 Å². The molecule has 1 amide bonds. The van der Waals surface area contributed by atoms with Crippen LogP contribution in [0.2, 0.25) is 0 Å². The molecule has 0 unspecified atom stereocenters. The van der Waals surface area contributed by atoms with Crippen molar-refractivity contribution >= 4 is 17.5 Å². The fraction of sp³-hybridized carbons (Fsp3) is 0.179. The Labute approximate surface area is 212 Å². The summed E-state index contributed by atoms with van der Waals surface area (Å²) in [5, 5.41) is 2.90. The van der Waals surface area contributed by atoms with Crippen LogP contribution in [0.3, 0.4) is 0 Å². The lowest BCUT2D eigenvalue weighted by atomic mass is 10.2. The highest BCUT2D eigenvalue weighted by molar-refractivity contribution is 5.96. The van der Waals surface area contributed by atoms with E-state index in [4.69, 9.17) is 14.2 Å². The average molecular weight is 499 g/mol. The second-order valence-corrected chi connectivity index (χ2v) is 8.70. The van der Waals surface area contributed by atoms with Crippen molar-refractivity contribution < 1.29 is 23.4 Å². The largest absolute Gasteiger partial charge is 0.472 e. The molecule has 186 valence electrons. The summed E-state index contributed by atoms with van der Waals surface area (Å²) in [6.07, 6.45) is 2.36. The third-order valence-electron chi connectivity index (χ3n) is 6.29. The van der Waals surface area contributed by atoms with Crippen LogP contribution in [-0.2, 0) is 19.6 Å². The van der Waals surface area contributed by atoms with Crippen molar-refractivity contribution in [3.8, 4) is 17.4 Å². The van der Waals surface area contributed by atoms with E-state index in [1.54, 1.807) is 12.1 Å². The SMILES string of the molecule is O=C(NCc1ccc2c(c1)OCO2)c1cnc(N2CCc3ccccc32)nc1OCc1ccc(F)cc1. The third-order valence-corrected chi connectivity index (χ3v) is 6.29. The van der Waals surface area contributed by atoms with Crippen molar-refractivity contribution in [3.05, 3.63) is 101 Å². The number of benzene rings is 3. The van der Waals surface area contributed by atoms with Crippen LogP contribution in [0, 0.1) is 5.82 Å². The van der Waals surface area contributed by atoms with Gasteiger partial charge in [0.05, 0.1) is 0 Å². The van der Waals surface area contributed by atoms with Crippen LogP contribution in [0.5, 0.6) is 17.4 Å². The van der Waals surface area contributed by atoms with Crippen LogP contribution in [0.25, 0.3) is 0 Å². The number of hydrogen-bond acceptors (Lipinski definition) is 7. The van der Waals surface area contributed by atoms with Crippen molar-refractivity contribution in [2.24, 2.45) is 0 Å². The summed E-state index contributed by atoms with van der Waals surface area (Å²) in [5.41, 5.74) is 4.06. The molecule has 0 saturated carbocycles. The summed E-state index contributed by atoms with van der Waals surface area (Å²) < 4.78 is 30.1. The monoisotopic (exact) mass is 498 g/mol. The summed E-state index contributed by atoms with van der Waals surface area (Å²) in [6, 6.07) is 19.6. The Morgan fingerprint density at radius 2 is 1.84 bits per heavy atom. The van der Waals surface area contributed by atoms with E-state index in [1.165, 1.54) is 23.9 Å². The zero-order valence-electron chi connectivity index (χ0n) is 19.8. The first-order valence-electron chi connectivity index (χ1n) is 11.9. The van der Waals surface area contributed by atoms with E-state index in [1.807, 2.05) is 41.3 Å². The van der Waals surface area contributed by atoms with Crippen LogP contribution in [0.1, 0.15) is 27.0 Å². The first-order valence-corrected chi connectivity index (χ1v) is 11.9. The maximum absolute atomic E-state index is 13.3.